The molecule has 8 heteroatoms. The van der Waals surface area contributed by atoms with Crippen molar-refractivity contribution in [2.75, 3.05) is 13.2 Å². The van der Waals surface area contributed by atoms with Gasteiger partial charge in [0.15, 0.2) is 17.3 Å². The molecule has 7 nitrogen and oxygen atoms in total. The predicted molar refractivity (Wildman–Crippen MR) is 121 cm³/mol. The summed E-state index contributed by atoms with van der Waals surface area (Å²) >= 11 is 1.11. The molecule has 0 unspecified atom stereocenters. The zero-order chi connectivity index (χ0) is 22.9. The van der Waals surface area contributed by atoms with Crippen LogP contribution in [0.5, 0.6) is 11.5 Å². The largest absolute Gasteiger partial charge is 0.486 e. The van der Waals surface area contributed by atoms with Crippen molar-refractivity contribution in [2.45, 2.75) is 20.8 Å². The fourth-order valence-electron chi connectivity index (χ4n) is 3.24. The summed E-state index contributed by atoms with van der Waals surface area (Å²) in [7, 11) is 0. The first-order chi connectivity index (χ1) is 15.3. The smallest absolute Gasteiger partial charge is 0.273 e. The molecule has 0 atom stereocenters. The minimum absolute atomic E-state index is 0.0520. The summed E-state index contributed by atoms with van der Waals surface area (Å²) in [4.78, 5) is 30.5. The summed E-state index contributed by atoms with van der Waals surface area (Å²) in [6.07, 6.45) is 4.99. The fourth-order valence-corrected chi connectivity index (χ4v) is 4.34. The molecule has 0 spiro atoms. The number of rotatable bonds is 3. The van der Waals surface area contributed by atoms with E-state index in [9.17, 15) is 14.9 Å². The number of hydrogen-bond donors (Lipinski definition) is 0. The van der Waals surface area contributed by atoms with Crippen LogP contribution in [0.1, 0.15) is 26.3 Å². The molecule has 3 heterocycles. The van der Waals surface area contributed by atoms with Crippen molar-refractivity contribution in [3.05, 3.63) is 67.8 Å². The van der Waals surface area contributed by atoms with Crippen molar-refractivity contribution in [1.82, 2.24) is 9.55 Å². The zero-order valence-electron chi connectivity index (χ0n) is 17.9. The first-order valence-corrected chi connectivity index (χ1v) is 10.8. The van der Waals surface area contributed by atoms with E-state index >= 15 is 0 Å². The molecular formula is C24H21N3O4S. The molecule has 162 valence electrons. The van der Waals surface area contributed by atoms with E-state index in [0.29, 0.717) is 34.9 Å². The highest BCUT2D eigenvalue weighted by Crippen LogP contribution is 2.31. The van der Waals surface area contributed by atoms with Crippen LogP contribution in [0, 0.1) is 16.7 Å². The number of nitrogens with zero attached hydrogens (tertiary/aromatic N) is 3. The van der Waals surface area contributed by atoms with E-state index in [1.165, 1.54) is 4.57 Å². The maximum absolute atomic E-state index is 13.5. The van der Waals surface area contributed by atoms with Crippen molar-refractivity contribution in [3.8, 4) is 23.3 Å². The Morgan fingerprint density at radius 3 is 2.50 bits per heavy atom. The van der Waals surface area contributed by atoms with E-state index in [4.69, 9.17) is 9.47 Å². The van der Waals surface area contributed by atoms with Gasteiger partial charge in [-0.1, -0.05) is 20.8 Å². The predicted octanol–water partition coefficient (Wildman–Crippen LogP) is 2.18. The van der Waals surface area contributed by atoms with Gasteiger partial charge in [-0.3, -0.25) is 19.1 Å². The highest BCUT2D eigenvalue weighted by molar-refractivity contribution is 7.07. The Bertz CT molecular complexity index is 1410. The van der Waals surface area contributed by atoms with E-state index in [1.54, 1.807) is 69.6 Å². The average molecular weight is 448 g/mol. The molecule has 0 radical (unpaired) electrons. The third-order valence-electron chi connectivity index (χ3n) is 4.85. The van der Waals surface area contributed by atoms with Crippen LogP contribution < -0.4 is 24.2 Å². The molecule has 1 aliphatic heterocycles. The number of ketones is 1. The van der Waals surface area contributed by atoms with Crippen LogP contribution in [-0.2, 0) is 4.79 Å². The summed E-state index contributed by atoms with van der Waals surface area (Å²) in [6, 6.07) is 10.7. The summed E-state index contributed by atoms with van der Waals surface area (Å²) in [5.74, 6) is 0.768. The molecule has 0 aliphatic carbocycles. The third kappa shape index (κ3) is 4.07. The molecule has 4 rings (SSSR count). The van der Waals surface area contributed by atoms with Gasteiger partial charge >= 0.3 is 0 Å². The van der Waals surface area contributed by atoms with Gasteiger partial charge in [-0.15, -0.1) is 11.3 Å². The molecule has 0 N–H and O–H groups in total. The van der Waals surface area contributed by atoms with Crippen LogP contribution in [0.15, 0.2) is 47.5 Å². The van der Waals surface area contributed by atoms with Crippen LogP contribution in [0.3, 0.4) is 0 Å². The Balaban J connectivity index is 2.06. The van der Waals surface area contributed by atoms with E-state index in [2.05, 4.69) is 4.98 Å². The molecule has 3 aromatic rings. The van der Waals surface area contributed by atoms with Crippen molar-refractivity contribution >= 4 is 28.8 Å². The Morgan fingerprint density at radius 2 is 1.84 bits per heavy atom. The van der Waals surface area contributed by atoms with Gasteiger partial charge in [0, 0.05) is 23.9 Å². The van der Waals surface area contributed by atoms with Gasteiger partial charge in [0.25, 0.3) is 5.56 Å². The quantitative estimate of drug-likeness (QED) is 0.611. The molecule has 0 saturated carbocycles. The first kappa shape index (κ1) is 21.5. The Hall–Kier alpha value is -3.70. The zero-order valence-corrected chi connectivity index (χ0v) is 18.7. The lowest BCUT2D eigenvalue weighted by Crippen LogP contribution is -2.33. The Labute approximate surface area is 188 Å². The molecule has 1 aromatic carbocycles. The SMILES string of the molecule is CC(C)(C)C(=O)/C(C#N)=c1\s/c(=C\c2ccncc2)c(=O)n1-c1ccc2c(c1)OCCO2. The Kier molecular flexibility index (Phi) is 5.68. The van der Waals surface area contributed by atoms with E-state index in [-0.39, 0.29) is 21.6 Å². The fraction of sp³-hybridized carbons (Fsp3) is 0.250. The van der Waals surface area contributed by atoms with Gasteiger partial charge in [-0.05, 0) is 35.9 Å². The van der Waals surface area contributed by atoms with Gasteiger partial charge in [-0.2, -0.15) is 5.26 Å². The highest BCUT2D eigenvalue weighted by atomic mass is 32.1. The number of nitriles is 1. The average Bonchev–Trinajstić information content (AvgIpc) is 3.09. The first-order valence-electron chi connectivity index (χ1n) is 10.0. The normalized spacial score (nSPS) is 14.6. The number of benzene rings is 1. The number of thiazole rings is 1. The molecule has 1 aliphatic rings. The second kappa shape index (κ2) is 8.44. The number of carbonyl (C=O) groups excluding carboxylic acids is 1. The maximum atomic E-state index is 13.5. The third-order valence-corrected chi connectivity index (χ3v) is 5.94. The van der Waals surface area contributed by atoms with Crippen molar-refractivity contribution in [2.24, 2.45) is 5.41 Å². The molecule has 2 aromatic heterocycles. The number of ether oxygens (including phenoxy) is 2. The second-order valence-corrected chi connectivity index (χ2v) is 9.26. The lowest BCUT2D eigenvalue weighted by molar-refractivity contribution is -0.120. The van der Waals surface area contributed by atoms with Crippen LogP contribution in [-0.4, -0.2) is 28.5 Å². The lowest BCUT2D eigenvalue weighted by atomic mass is 9.87. The molecule has 32 heavy (non-hydrogen) atoms. The minimum atomic E-state index is -0.780. The van der Waals surface area contributed by atoms with E-state index < -0.39 is 5.41 Å². The van der Waals surface area contributed by atoms with Gasteiger partial charge in [-0.25, -0.2) is 0 Å². The number of Topliss-reactive ketones (excluding diaryl/α,β-unsaturated/α-hetero) is 1. The van der Waals surface area contributed by atoms with Crippen LogP contribution in [0.25, 0.3) is 17.3 Å². The lowest BCUT2D eigenvalue weighted by Gasteiger charge is -2.19. The number of hydrogen-bond acceptors (Lipinski definition) is 7. The van der Waals surface area contributed by atoms with Gasteiger partial charge in [0.1, 0.15) is 29.5 Å². The van der Waals surface area contributed by atoms with Gasteiger partial charge in [0.05, 0.1) is 10.2 Å². The highest BCUT2D eigenvalue weighted by Gasteiger charge is 2.28. The standard InChI is InChI=1S/C24H21N3O4S/c1-24(2,3)21(28)17(14-25)23-27(16-4-5-18-19(13-16)31-11-10-30-18)22(29)20(32-23)12-15-6-8-26-9-7-15/h4-9,12-13H,10-11H2,1-3H3/b20-12-,23-17-. The van der Waals surface area contributed by atoms with Crippen molar-refractivity contribution in [3.63, 3.8) is 0 Å². The topological polar surface area (TPSA) is 94.2 Å². The number of fused-ring (bicyclic) bond motifs is 1. The summed E-state index contributed by atoms with van der Waals surface area (Å²) in [5, 5.41) is 9.89. The monoisotopic (exact) mass is 447 g/mol. The van der Waals surface area contributed by atoms with E-state index in [0.717, 1.165) is 16.9 Å². The Morgan fingerprint density at radius 1 is 1.16 bits per heavy atom. The second-order valence-electron chi connectivity index (χ2n) is 8.23. The van der Waals surface area contributed by atoms with Gasteiger partial charge in [0.2, 0.25) is 0 Å². The number of aromatic nitrogens is 2. The summed E-state index contributed by atoms with van der Waals surface area (Å²) < 4.78 is 13.3. The number of carbonyl (C=O) groups is 1. The summed E-state index contributed by atoms with van der Waals surface area (Å²) in [5.41, 5.74) is 0.128. The molecule has 0 amide bonds. The molecule has 0 fully saturated rings. The van der Waals surface area contributed by atoms with E-state index in [1.807, 2.05) is 6.07 Å². The molecule has 0 bridgehead atoms. The van der Waals surface area contributed by atoms with Crippen molar-refractivity contribution in [1.29, 1.82) is 5.26 Å². The van der Waals surface area contributed by atoms with Crippen LogP contribution in [0.4, 0.5) is 0 Å². The molecular weight excluding hydrogens is 426 g/mol. The molecule has 0 saturated heterocycles. The van der Waals surface area contributed by atoms with Crippen LogP contribution >= 0.6 is 11.3 Å². The summed E-state index contributed by atoms with van der Waals surface area (Å²) in [6.45, 7) is 6.10. The van der Waals surface area contributed by atoms with Crippen LogP contribution in [0.2, 0.25) is 0 Å². The maximum Gasteiger partial charge on any atom is 0.273 e. The van der Waals surface area contributed by atoms with Crippen molar-refractivity contribution < 1.29 is 14.3 Å². The van der Waals surface area contributed by atoms with Gasteiger partial charge < -0.3 is 9.47 Å². The number of pyridine rings is 1. The minimum Gasteiger partial charge on any atom is -0.486 e.